The van der Waals surface area contributed by atoms with E-state index in [-0.39, 0.29) is 18.0 Å². The highest BCUT2D eigenvalue weighted by Crippen LogP contribution is 2.24. The van der Waals surface area contributed by atoms with Gasteiger partial charge in [0, 0.05) is 25.7 Å². The van der Waals surface area contributed by atoms with Gasteiger partial charge in [0.1, 0.15) is 12.4 Å². The lowest BCUT2D eigenvalue weighted by atomic mass is 9.90. The van der Waals surface area contributed by atoms with E-state index in [0.29, 0.717) is 12.5 Å². The Labute approximate surface area is 190 Å². The number of aromatic nitrogens is 2. The molecule has 0 radical (unpaired) electrons. The van der Waals surface area contributed by atoms with Crippen molar-refractivity contribution in [2.45, 2.75) is 57.9 Å². The van der Waals surface area contributed by atoms with E-state index in [1.807, 2.05) is 0 Å². The van der Waals surface area contributed by atoms with E-state index in [1.54, 1.807) is 6.07 Å². The number of rotatable bonds is 8. The second-order valence-corrected chi connectivity index (χ2v) is 9.02. The van der Waals surface area contributed by atoms with E-state index < -0.39 is 0 Å². The Morgan fingerprint density at radius 1 is 1.06 bits per heavy atom. The quantitative estimate of drug-likeness (QED) is 0.643. The third kappa shape index (κ3) is 6.31. The number of nitrogens with one attached hydrogen (secondary N) is 1. The number of piperidine rings is 1. The SMILES string of the molecule is O=C(Cn1nc(N2CCC(Cc3ccccc3)CC2)ccc1=O)NCCC1=CCCCC1. The van der Waals surface area contributed by atoms with Crippen molar-refractivity contribution in [3.8, 4) is 0 Å². The standard InChI is InChI=1S/C26H34N4O2/c31-25(27-16-13-21-7-3-1-4-8-21)20-30-26(32)12-11-24(28-30)29-17-14-23(15-18-29)19-22-9-5-2-6-10-22/h2,5-7,9-12,23H,1,3-4,8,13-20H2,(H,27,31). The lowest BCUT2D eigenvalue weighted by molar-refractivity contribution is -0.121. The number of amides is 1. The maximum atomic E-state index is 12.4. The first-order valence-corrected chi connectivity index (χ1v) is 12.0. The first-order valence-electron chi connectivity index (χ1n) is 12.0. The molecule has 0 spiro atoms. The molecule has 1 N–H and O–H groups in total. The lowest BCUT2D eigenvalue weighted by Gasteiger charge is -2.33. The molecule has 4 rings (SSSR count). The highest BCUT2D eigenvalue weighted by molar-refractivity contribution is 5.75. The minimum atomic E-state index is -0.238. The highest BCUT2D eigenvalue weighted by Gasteiger charge is 2.21. The normalized spacial score (nSPS) is 17.1. The fourth-order valence-corrected chi connectivity index (χ4v) is 4.72. The Morgan fingerprint density at radius 3 is 2.62 bits per heavy atom. The maximum Gasteiger partial charge on any atom is 0.267 e. The highest BCUT2D eigenvalue weighted by atomic mass is 16.2. The van der Waals surface area contributed by atoms with Gasteiger partial charge >= 0.3 is 0 Å². The van der Waals surface area contributed by atoms with Crippen LogP contribution >= 0.6 is 0 Å². The molecule has 6 nitrogen and oxygen atoms in total. The van der Waals surface area contributed by atoms with Crippen LogP contribution in [0.5, 0.6) is 0 Å². The third-order valence-electron chi connectivity index (χ3n) is 6.60. The number of nitrogens with zero attached hydrogens (tertiary/aromatic N) is 3. The van der Waals surface area contributed by atoms with Gasteiger partial charge < -0.3 is 10.2 Å². The molecule has 0 bridgehead atoms. The Balaban J connectivity index is 1.27. The van der Waals surface area contributed by atoms with Crippen LogP contribution in [0.1, 0.15) is 50.5 Å². The largest absolute Gasteiger partial charge is 0.355 e. The number of carbonyl (C=O) groups excluding carboxylic acids is 1. The average Bonchev–Trinajstić information content (AvgIpc) is 2.82. The molecular formula is C26H34N4O2. The van der Waals surface area contributed by atoms with Gasteiger partial charge in [-0.15, -0.1) is 0 Å². The summed E-state index contributed by atoms with van der Waals surface area (Å²) in [5.74, 6) is 1.29. The van der Waals surface area contributed by atoms with E-state index in [9.17, 15) is 9.59 Å². The molecule has 0 atom stereocenters. The molecule has 1 fully saturated rings. The summed E-state index contributed by atoms with van der Waals surface area (Å²) >= 11 is 0. The number of allylic oxidation sites excluding steroid dienone is 1. The topological polar surface area (TPSA) is 67.2 Å². The van der Waals surface area contributed by atoms with Crippen LogP contribution in [-0.2, 0) is 17.8 Å². The number of benzene rings is 1. The van der Waals surface area contributed by atoms with Crippen molar-refractivity contribution in [1.82, 2.24) is 15.1 Å². The van der Waals surface area contributed by atoms with Crippen molar-refractivity contribution in [3.63, 3.8) is 0 Å². The second kappa shape index (κ2) is 11.1. The van der Waals surface area contributed by atoms with Crippen LogP contribution in [0, 0.1) is 5.92 Å². The number of hydrogen-bond donors (Lipinski definition) is 1. The summed E-state index contributed by atoms with van der Waals surface area (Å²) in [5.41, 5.74) is 2.59. The summed E-state index contributed by atoms with van der Waals surface area (Å²) in [6.45, 7) is 2.43. The van der Waals surface area contributed by atoms with Crippen molar-refractivity contribution >= 4 is 11.7 Å². The van der Waals surface area contributed by atoms with Crippen LogP contribution < -0.4 is 15.8 Å². The van der Waals surface area contributed by atoms with Crippen LogP contribution in [0.4, 0.5) is 5.82 Å². The first kappa shape index (κ1) is 22.3. The molecule has 1 aromatic carbocycles. The molecule has 1 saturated heterocycles. The van der Waals surface area contributed by atoms with E-state index in [0.717, 1.165) is 57.4 Å². The maximum absolute atomic E-state index is 12.4. The van der Waals surface area contributed by atoms with Gasteiger partial charge in [-0.3, -0.25) is 9.59 Å². The summed E-state index contributed by atoms with van der Waals surface area (Å²) in [4.78, 5) is 26.9. The van der Waals surface area contributed by atoms with Crippen molar-refractivity contribution in [2.24, 2.45) is 5.92 Å². The van der Waals surface area contributed by atoms with Crippen LogP contribution in [0.2, 0.25) is 0 Å². The Kier molecular flexibility index (Phi) is 7.75. The molecule has 0 unspecified atom stereocenters. The molecule has 170 valence electrons. The Hall–Kier alpha value is -2.89. The summed E-state index contributed by atoms with van der Waals surface area (Å²) in [6, 6.07) is 14.0. The van der Waals surface area contributed by atoms with Gasteiger partial charge in [-0.2, -0.15) is 5.10 Å². The van der Waals surface area contributed by atoms with Gasteiger partial charge in [0.15, 0.2) is 0 Å². The number of hydrogen-bond acceptors (Lipinski definition) is 4. The lowest BCUT2D eigenvalue weighted by Crippen LogP contribution is -2.38. The van der Waals surface area contributed by atoms with Crippen LogP contribution in [0.15, 0.2) is 58.9 Å². The number of anilines is 1. The van der Waals surface area contributed by atoms with Crippen molar-refractivity contribution in [1.29, 1.82) is 0 Å². The zero-order valence-corrected chi connectivity index (χ0v) is 18.8. The Morgan fingerprint density at radius 2 is 1.88 bits per heavy atom. The van der Waals surface area contributed by atoms with Gasteiger partial charge in [0.25, 0.3) is 5.56 Å². The predicted molar refractivity (Wildman–Crippen MR) is 128 cm³/mol. The smallest absolute Gasteiger partial charge is 0.267 e. The average molecular weight is 435 g/mol. The monoisotopic (exact) mass is 434 g/mol. The zero-order chi connectivity index (χ0) is 22.2. The fraction of sp³-hybridized carbons (Fsp3) is 0.500. The van der Waals surface area contributed by atoms with E-state index in [4.69, 9.17) is 0 Å². The minimum absolute atomic E-state index is 0.0316. The van der Waals surface area contributed by atoms with E-state index in [2.05, 4.69) is 51.7 Å². The van der Waals surface area contributed by atoms with Crippen molar-refractivity contribution in [3.05, 3.63) is 70.0 Å². The molecule has 1 amide bonds. The van der Waals surface area contributed by atoms with Crippen LogP contribution in [0.25, 0.3) is 0 Å². The van der Waals surface area contributed by atoms with Gasteiger partial charge in [0.05, 0.1) is 0 Å². The molecule has 0 saturated carbocycles. The van der Waals surface area contributed by atoms with Gasteiger partial charge in [0.2, 0.25) is 5.91 Å². The van der Waals surface area contributed by atoms with Crippen molar-refractivity contribution < 1.29 is 4.79 Å². The summed E-state index contributed by atoms with van der Waals surface area (Å²) < 4.78 is 1.29. The van der Waals surface area contributed by atoms with Gasteiger partial charge in [-0.05, 0) is 68.9 Å². The Bertz CT molecular complexity index is 975. The van der Waals surface area contributed by atoms with Gasteiger partial charge in [-0.25, -0.2) is 4.68 Å². The molecule has 1 aliphatic heterocycles. The molecule has 1 aliphatic carbocycles. The van der Waals surface area contributed by atoms with E-state index in [1.165, 1.54) is 34.7 Å². The second-order valence-electron chi connectivity index (χ2n) is 9.02. The van der Waals surface area contributed by atoms with Crippen molar-refractivity contribution in [2.75, 3.05) is 24.5 Å². The predicted octanol–water partition coefficient (Wildman–Crippen LogP) is 3.71. The summed E-state index contributed by atoms with van der Waals surface area (Å²) in [6.07, 6.45) is 11.3. The van der Waals surface area contributed by atoms with E-state index >= 15 is 0 Å². The molecule has 32 heavy (non-hydrogen) atoms. The molecule has 2 aliphatic rings. The third-order valence-corrected chi connectivity index (χ3v) is 6.60. The first-order chi connectivity index (χ1) is 15.7. The fourth-order valence-electron chi connectivity index (χ4n) is 4.72. The van der Waals surface area contributed by atoms with Gasteiger partial charge in [-0.1, -0.05) is 42.0 Å². The van der Waals surface area contributed by atoms with Crippen LogP contribution in [-0.4, -0.2) is 35.3 Å². The summed E-state index contributed by atoms with van der Waals surface area (Å²) in [5, 5.41) is 7.44. The number of carbonyl (C=O) groups is 1. The zero-order valence-electron chi connectivity index (χ0n) is 18.8. The molecular weight excluding hydrogens is 400 g/mol. The molecule has 2 heterocycles. The molecule has 6 heteroatoms. The van der Waals surface area contributed by atoms with Crippen LogP contribution in [0.3, 0.4) is 0 Å². The summed E-state index contributed by atoms with van der Waals surface area (Å²) in [7, 11) is 0. The molecule has 1 aromatic heterocycles. The minimum Gasteiger partial charge on any atom is -0.355 e. The molecule has 2 aromatic rings.